The lowest BCUT2D eigenvalue weighted by atomic mass is 10.2. The van der Waals surface area contributed by atoms with Crippen molar-refractivity contribution in [1.29, 1.82) is 5.26 Å². The number of rotatable bonds is 2. The quantitative estimate of drug-likeness (QED) is 0.770. The van der Waals surface area contributed by atoms with Crippen molar-refractivity contribution in [2.24, 2.45) is 0 Å². The average Bonchev–Trinajstić information content (AvgIpc) is 2.21. The van der Waals surface area contributed by atoms with Gasteiger partial charge < -0.3 is 5.32 Å². The van der Waals surface area contributed by atoms with E-state index in [9.17, 15) is 4.79 Å². The molecule has 0 aromatic carbocycles. The van der Waals surface area contributed by atoms with E-state index in [1.54, 1.807) is 26.8 Å². The van der Waals surface area contributed by atoms with Crippen molar-refractivity contribution in [2.75, 3.05) is 0 Å². The van der Waals surface area contributed by atoms with E-state index >= 15 is 0 Å². The Labute approximate surface area is 88.1 Å². The van der Waals surface area contributed by atoms with Crippen LogP contribution in [-0.4, -0.2) is 22.1 Å². The second-order valence-electron chi connectivity index (χ2n) is 3.31. The topological polar surface area (TPSA) is 78.7 Å². The summed E-state index contributed by atoms with van der Waals surface area (Å²) in [5.74, 6) is -0.292. The SMILES string of the molecule is Cc1cc(C(=O)NC(C)C#N)c(C)nn1. The molecular formula is C10H12N4O. The lowest BCUT2D eigenvalue weighted by molar-refractivity contribution is 0.0946. The lowest BCUT2D eigenvalue weighted by Gasteiger charge is -2.08. The normalized spacial score (nSPS) is 11.6. The molecule has 0 bridgehead atoms. The number of hydrogen-bond acceptors (Lipinski definition) is 4. The molecule has 5 nitrogen and oxygen atoms in total. The molecule has 1 aromatic rings. The monoisotopic (exact) mass is 204 g/mol. The molecule has 0 radical (unpaired) electrons. The lowest BCUT2D eigenvalue weighted by Crippen LogP contribution is -2.32. The fourth-order valence-corrected chi connectivity index (χ4v) is 1.09. The fourth-order valence-electron chi connectivity index (χ4n) is 1.09. The molecule has 1 heterocycles. The van der Waals surface area contributed by atoms with Gasteiger partial charge in [0.05, 0.1) is 23.0 Å². The van der Waals surface area contributed by atoms with Crippen LogP contribution in [0.15, 0.2) is 6.07 Å². The van der Waals surface area contributed by atoms with Crippen molar-refractivity contribution in [3.05, 3.63) is 23.0 Å². The maximum Gasteiger partial charge on any atom is 0.254 e. The first-order chi connectivity index (χ1) is 7.04. The summed E-state index contributed by atoms with van der Waals surface area (Å²) >= 11 is 0. The van der Waals surface area contributed by atoms with Gasteiger partial charge in [-0.05, 0) is 26.8 Å². The van der Waals surface area contributed by atoms with Gasteiger partial charge in [0.2, 0.25) is 0 Å². The third-order valence-corrected chi connectivity index (χ3v) is 1.89. The van der Waals surface area contributed by atoms with E-state index in [2.05, 4.69) is 15.5 Å². The number of nitriles is 1. The number of hydrogen-bond donors (Lipinski definition) is 1. The molecule has 0 fully saturated rings. The van der Waals surface area contributed by atoms with Crippen molar-refractivity contribution in [1.82, 2.24) is 15.5 Å². The summed E-state index contributed by atoms with van der Waals surface area (Å²) in [4.78, 5) is 11.7. The third kappa shape index (κ3) is 2.74. The predicted molar refractivity (Wildman–Crippen MR) is 54.0 cm³/mol. The molecule has 0 aliphatic heterocycles. The Morgan fingerprint density at radius 3 is 2.80 bits per heavy atom. The molecule has 1 atom stereocenters. The number of aryl methyl sites for hydroxylation is 2. The Balaban J connectivity index is 2.92. The summed E-state index contributed by atoms with van der Waals surface area (Å²) in [5.41, 5.74) is 1.70. The number of nitrogens with one attached hydrogen (secondary N) is 1. The van der Waals surface area contributed by atoms with Crippen LogP contribution in [0.25, 0.3) is 0 Å². The molecule has 0 aliphatic carbocycles. The van der Waals surface area contributed by atoms with Gasteiger partial charge >= 0.3 is 0 Å². The Morgan fingerprint density at radius 1 is 1.53 bits per heavy atom. The molecule has 0 saturated heterocycles. The van der Waals surface area contributed by atoms with Crippen LogP contribution in [0.3, 0.4) is 0 Å². The maximum absolute atomic E-state index is 11.7. The van der Waals surface area contributed by atoms with Crippen molar-refractivity contribution in [3.8, 4) is 6.07 Å². The van der Waals surface area contributed by atoms with Gasteiger partial charge in [0.25, 0.3) is 5.91 Å². The highest BCUT2D eigenvalue weighted by Crippen LogP contribution is 2.05. The maximum atomic E-state index is 11.7. The zero-order valence-electron chi connectivity index (χ0n) is 8.90. The fraction of sp³-hybridized carbons (Fsp3) is 0.400. The van der Waals surface area contributed by atoms with Gasteiger partial charge in [-0.1, -0.05) is 0 Å². The zero-order valence-corrected chi connectivity index (χ0v) is 8.90. The van der Waals surface area contributed by atoms with E-state index in [0.717, 1.165) is 0 Å². The molecule has 1 aromatic heterocycles. The van der Waals surface area contributed by atoms with E-state index in [-0.39, 0.29) is 5.91 Å². The summed E-state index contributed by atoms with van der Waals surface area (Å²) in [6.45, 7) is 5.09. The Morgan fingerprint density at radius 2 is 2.20 bits per heavy atom. The first-order valence-electron chi connectivity index (χ1n) is 4.56. The highest BCUT2D eigenvalue weighted by atomic mass is 16.1. The molecule has 1 rings (SSSR count). The number of nitrogens with zero attached hydrogens (tertiary/aromatic N) is 3. The van der Waals surface area contributed by atoms with Crippen LogP contribution in [0, 0.1) is 25.2 Å². The zero-order chi connectivity index (χ0) is 11.4. The van der Waals surface area contributed by atoms with E-state index in [0.29, 0.717) is 17.0 Å². The Kier molecular flexibility index (Phi) is 3.34. The minimum atomic E-state index is -0.509. The minimum absolute atomic E-state index is 0.292. The van der Waals surface area contributed by atoms with Crippen LogP contribution in [0.2, 0.25) is 0 Å². The summed E-state index contributed by atoms with van der Waals surface area (Å²) in [5, 5.41) is 18.8. The highest BCUT2D eigenvalue weighted by Gasteiger charge is 2.12. The Hall–Kier alpha value is -1.96. The van der Waals surface area contributed by atoms with Crippen molar-refractivity contribution >= 4 is 5.91 Å². The largest absolute Gasteiger partial charge is 0.336 e. The van der Waals surface area contributed by atoms with Crippen LogP contribution in [0.5, 0.6) is 0 Å². The van der Waals surface area contributed by atoms with Crippen molar-refractivity contribution < 1.29 is 4.79 Å². The molecule has 1 N–H and O–H groups in total. The summed E-state index contributed by atoms with van der Waals surface area (Å²) in [7, 11) is 0. The molecular weight excluding hydrogens is 192 g/mol. The highest BCUT2D eigenvalue weighted by molar-refractivity contribution is 5.95. The molecule has 1 unspecified atom stereocenters. The van der Waals surface area contributed by atoms with Gasteiger partial charge in [-0.2, -0.15) is 15.5 Å². The van der Waals surface area contributed by atoms with Crippen LogP contribution in [-0.2, 0) is 0 Å². The Bertz CT molecular complexity index is 422. The predicted octanol–water partition coefficient (Wildman–Crippen LogP) is 0.735. The number of carbonyl (C=O) groups excluding carboxylic acids is 1. The van der Waals surface area contributed by atoms with E-state index in [1.165, 1.54) is 0 Å². The van der Waals surface area contributed by atoms with Crippen LogP contribution < -0.4 is 5.32 Å². The van der Waals surface area contributed by atoms with Crippen molar-refractivity contribution in [3.63, 3.8) is 0 Å². The second-order valence-corrected chi connectivity index (χ2v) is 3.31. The third-order valence-electron chi connectivity index (χ3n) is 1.89. The van der Waals surface area contributed by atoms with Crippen LogP contribution >= 0.6 is 0 Å². The number of carbonyl (C=O) groups is 1. The van der Waals surface area contributed by atoms with Crippen LogP contribution in [0.4, 0.5) is 0 Å². The molecule has 1 amide bonds. The molecule has 0 aliphatic rings. The summed E-state index contributed by atoms with van der Waals surface area (Å²) in [6, 6.07) is 3.08. The van der Waals surface area contributed by atoms with E-state index in [1.807, 2.05) is 6.07 Å². The average molecular weight is 204 g/mol. The van der Waals surface area contributed by atoms with Gasteiger partial charge in [0.1, 0.15) is 6.04 Å². The first-order valence-corrected chi connectivity index (χ1v) is 4.56. The van der Waals surface area contributed by atoms with Gasteiger partial charge in [0, 0.05) is 0 Å². The second kappa shape index (κ2) is 4.51. The van der Waals surface area contributed by atoms with E-state index in [4.69, 9.17) is 5.26 Å². The molecule has 15 heavy (non-hydrogen) atoms. The standard InChI is InChI=1S/C10H12N4O/c1-6-4-9(8(3)14-13-6)10(15)12-7(2)5-11/h4,7H,1-3H3,(H,12,15). The van der Waals surface area contributed by atoms with Gasteiger partial charge in [-0.25, -0.2) is 0 Å². The summed E-state index contributed by atoms with van der Waals surface area (Å²) in [6.07, 6.45) is 0. The van der Waals surface area contributed by atoms with Crippen molar-refractivity contribution in [2.45, 2.75) is 26.8 Å². The number of amides is 1. The van der Waals surface area contributed by atoms with Gasteiger partial charge in [-0.3, -0.25) is 4.79 Å². The molecule has 0 saturated carbocycles. The number of aromatic nitrogens is 2. The minimum Gasteiger partial charge on any atom is -0.336 e. The van der Waals surface area contributed by atoms with Gasteiger partial charge in [-0.15, -0.1) is 0 Å². The molecule has 5 heteroatoms. The first kappa shape index (κ1) is 11.1. The summed E-state index contributed by atoms with van der Waals surface area (Å²) < 4.78 is 0. The molecule has 0 spiro atoms. The van der Waals surface area contributed by atoms with Crippen LogP contribution in [0.1, 0.15) is 28.7 Å². The molecule has 78 valence electrons. The smallest absolute Gasteiger partial charge is 0.254 e. The van der Waals surface area contributed by atoms with Gasteiger partial charge in [0.15, 0.2) is 0 Å². The van der Waals surface area contributed by atoms with E-state index < -0.39 is 6.04 Å².